The summed E-state index contributed by atoms with van der Waals surface area (Å²) in [6.07, 6.45) is 3.02. The van der Waals surface area contributed by atoms with Gasteiger partial charge in [-0.3, -0.25) is 14.7 Å². The number of benzene rings is 1. The monoisotopic (exact) mass is 423 g/mol. The fourth-order valence-corrected chi connectivity index (χ4v) is 3.60. The zero-order chi connectivity index (χ0) is 21.2. The number of hydrogen-bond acceptors (Lipinski definition) is 4. The van der Waals surface area contributed by atoms with Crippen molar-refractivity contribution in [3.05, 3.63) is 29.3 Å². The average molecular weight is 424 g/mol. The summed E-state index contributed by atoms with van der Waals surface area (Å²) in [6.45, 7) is 4.00. The van der Waals surface area contributed by atoms with Crippen LogP contribution in [0.25, 0.3) is 0 Å². The first-order chi connectivity index (χ1) is 13.9. The van der Waals surface area contributed by atoms with Crippen LogP contribution in [0.5, 0.6) is 5.75 Å². The maximum absolute atomic E-state index is 12.3. The molecule has 0 aromatic heterocycles. The van der Waals surface area contributed by atoms with Crippen LogP contribution in [0.2, 0.25) is 5.02 Å². The molecule has 1 unspecified atom stereocenters. The van der Waals surface area contributed by atoms with Gasteiger partial charge < -0.3 is 19.9 Å². The number of amides is 1. The Kier molecular flexibility index (Phi) is 9.54. The largest absolute Gasteiger partial charge is 0.492 e. The molecule has 2 rings (SSSR count). The number of guanidine groups is 1. The molecule has 1 heterocycles. The molecule has 1 aliphatic heterocycles. The lowest BCUT2D eigenvalue weighted by Gasteiger charge is -2.26. The van der Waals surface area contributed by atoms with E-state index in [1.54, 1.807) is 11.9 Å². The van der Waals surface area contributed by atoms with E-state index in [1.165, 1.54) is 0 Å². The molecule has 1 aromatic rings. The number of ether oxygens (including phenoxy) is 1. The number of halogens is 1. The molecule has 162 valence electrons. The molecule has 29 heavy (non-hydrogen) atoms. The molecule has 1 aliphatic rings. The molecule has 0 saturated carbocycles. The molecule has 0 bridgehead atoms. The standard InChI is InChI=1S/C21H34ClN5O2/c1-23-21(26(4)15-16-29-18-10-8-17(22)9-11-18)24-12-6-14-27-13-5-7-19(27)20(28)25(2)3/h8-11,19H,5-7,12-16H2,1-4H3,(H,23,24). The topological polar surface area (TPSA) is 60.4 Å². The third-order valence-electron chi connectivity index (χ3n) is 5.08. The summed E-state index contributed by atoms with van der Waals surface area (Å²) >= 11 is 5.89. The zero-order valence-electron chi connectivity index (χ0n) is 18.0. The highest BCUT2D eigenvalue weighted by atomic mass is 35.5. The lowest BCUT2D eigenvalue weighted by atomic mass is 10.2. The second-order valence-corrected chi connectivity index (χ2v) is 7.91. The molecule has 8 heteroatoms. The minimum absolute atomic E-state index is 0.0389. The van der Waals surface area contributed by atoms with Gasteiger partial charge in [0.25, 0.3) is 0 Å². The summed E-state index contributed by atoms with van der Waals surface area (Å²) in [4.78, 5) is 22.7. The van der Waals surface area contributed by atoms with Gasteiger partial charge in [-0.2, -0.15) is 0 Å². The van der Waals surface area contributed by atoms with Gasteiger partial charge in [0, 0.05) is 46.3 Å². The first kappa shape index (κ1) is 23.3. The van der Waals surface area contributed by atoms with E-state index in [0.29, 0.717) is 18.2 Å². The Hall–Kier alpha value is -1.99. The van der Waals surface area contributed by atoms with Gasteiger partial charge >= 0.3 is 0 Å². The highest BCUT2D eigenvalue weighted by Crippen LogP contribution is 2.18. The molecule has 0 spiro atoms. The predicted molar refractivity (Wildman–Crippen MR) is 119 cm³/mol. The van der Waals surface area contributed by atoms with Crippen molar-refractivity contribution in [2.45, 2.75) is 25.3 Å². The van der Waals surface area contributed by atoms with Gasteiger partial charge in [-0.05, 0) is 50.1 Å². The molecular weight excluding hydrogens is 390 g/mol. The van der Waals surface area contributed by atoms with Crippen LogP contribution in [-0.2, 0) is 4.79 Å². The van der Waals surface area contributed by atoms with E-state index in [9.17, 15) is 4.79 Å². The van der Waals surface area contributed by atoms with Gasteiger partial charge in [-0.1, -0.05) is 11.6 Å². The van der Waals surface area contributed by atoms with Gasteiger partial charge in [0.1, 0.15) is 12.4 Å². The van der Waals surface area contributed by atoms with E-state index in [-0.39, 0.29) is 11.9 Å². The Bertz CT molecular complexity index is 666. The van der Waals surface area contributed by atoms with E-state index >= 15 is 0 Å². The minimum atomic E-state index is 0.0389. The van der Waals surface area contributed by atoms with Gasteiger partial charge in [-0.15, -0.1) is 0 Å². The fourth-order valence-electron chi connectivity index (χ4n) is 3.48. The number of carbonyl (C=O) groups is 1. The first-order valence-corrected chi connectivity index (χ1v) is 10.6. The zero-order valence-corrected chi connectivity index (χ0v) is 18.8. The van der Waals surface area contributed by atoms with E-state index < -0.39 is 0 Å². The Balaban J connectivity index is 1.67. The summed E-state index contributed by atoms with van der Waals surface area (Å²) < 4.78 is 5.75. The van der Waals surface area contributed by atoms with Gasteiger partial charge in [0.05, 0.1) is 12.6 Å². The van der Waals surface area contributed by atoms with Crippen LogP contribution in [0.3, 0.4) is 0 Å². The number of hydrogen-bond donors (Lipinski definition) is 1. The quantitative estimate of drug-likeness (QED) is 0.374. The van der Waals surface area contributed by atoms with Crippen molar-refractivity contribution in [3.8, 4) is 5.75 Å². The SMILES string of the molecule is CN=C(NCCCN1CCCC1C(=O)N(C)C)N(C)CCOc1ccc(Cl)cc1. The summed E-state index contributed by atoms with van der Waals surface area (Å²) in [5, 5.41) is 4.10. The van der Waals surface area contributed by atoms with E-state index in [2.05, 4.69) is 15.2 Å². The highest BCUT2D eigenvalue weighted by molar-refractivity contribution is 6.30. The Morgan fingerprint density at radius 1 is 1.31 bits per heavy atom. The van der Waals surface area contributed by atoms with E-state index in [0.717, 1.165) is 50.6 Å². The van der Waals surface area contributed by atoms with Crippen LogP contribution in [0.4, 0.5) is 0 Å². The van der Waals surface area contributed by atoms with E-state index in [4.69, 9.17) is 16.3 Å². The lowest BCUT2D eigenvalue weighted by molar-refractivity contribution is -0.133. The summed E-state index contributed by atoms with van der Waals surface area (Å²) in [7, 11) is 7.44. The van der Waals surface area contributed by atoms with Crippen LogP contribution in [-0.4, -0.2) is 93.6 Å². The molecule has 1 fully saturated rings. The minimum Gasteiger partial charge on any atom is -0.492 e. The van der Waals surface area contributed by atoms with Crippen LogP contribution in [0.15, 0.2) is 29.3 Å². The number of carbonyl (C=O) groups excluding carboxylic acids is 1. The molecule has 1 aromatic carbocycles. The molecular formula is C21H34ClN5O2. The van der Waals surface area contributed by atoms with Crippen LogP contribution in [0, 0.1) is 0 Å². The summed E-state index contributed by atoms with van der Waals surface area (Å²) in [5.74, 6) is 1.86. The second-order valence-electron chi connectivity index (χ2n) is 7.48. The van der Waals surface area contributed by atoms with Crippen molar-refractivity contribution in [2.75, 3.05) is 61.0 Å². The summed E-state index contributed by atoms with van der Waals surface area (Å²) in [5.41, 5.74) is 0. The van der Waals surface area contributed by atoms with Gasteiger partial charge in [-0.25, -0.2) is 0 Å². The molecule has 1 N–H and O–H groups in total. The normalized spacial score (nSPS) is 17.3. The smallest absolute Gasteiger partial charge is 0.239 e. The molecule has 1 saturated heterocycles. The predicted octanol–water partition coefficient (Wildman–Crippen LogP) is 2.17. The Labute approximate surface area is 179 Å². The Morgan fingerprint density at radius 2 is 2.03 bits per heavy atom. The number of nitrogens with one attached hydrogen (secondary N) is 1. The van der Waals surface area contributed by atoms with Crippen LogP contribution < -0.4 is 10.1 Å². The maximum Gasteiger partial charge on any atom is 0.239 e. The number of rotatable bonds is 9. The summed E-state index contributed by atoms with van der Waals surface area (Å²) in [6, 6.07) is 7.40. The van der Waals surface area contributed by atoms with Crippen molar-refractivity contribution in [1.82, 2.24) is 20.0 Å². The number of likely N-dealkylation sites (tertiary alicyclic amines) is 1. The molecule has 1 amide bonds. The maximum atomic E-state index is 12.3. The molecule has 0 radical (unpaired) electrons. The molecule has 7 nitrogen and oxygen atoms in total. The van der Waals surface area contributed by atoms with Gasteiger partial charge in [0.2, 0.25) is 5.91 Å². The number of aliphatic imine (C=N–C) groups is 1. The average Bonchev–Trinajstić information content (AvgIpc) is 3.17. The Morgan fingerprint density at radius 3 is 2.69 bits per heavy atom. The molecule has 1 atom stereocenters. The van der Waals surface area contributed by atoms with E-state index in [1.807, 2.05) is 50.3 Å². The van der Waals surface area contributed by atoms with Crippen LogP contribution in [0.1, 0.15) is 19.3 Å². The fraction of sp³-hybridized carbons (Fsp3) is 0.619. The van der Waals surface area contributed by atoms with Crippen molar-refractivity contribution in [2.24, 2.45) is 4.99 Å². The highest BCUT2D eigenvalue weighted by Gasteiger charge is 2.30. The van der Waals surface area contributed by atoms with Crippen molar-refractivity contribution < 1.29 is 9.53 Å². The van der Waals surface area contributed by atoms with Gasteiger partial charge in [0.15, 0.2) is 5.96 Å². The number of nitrogens with zero attached hydrogens (tertiary/aromatic N) is 4. The molecule has 0 aliphatic carbocycles. The third-order valence-corrected chi connectivity index (χ3v) is 5.33. The first-order valence-electron chi connectivity index (χ1n) is 10.2. The van der Waals surface area contributed by atoms with Crippen molar-refractivity contribution in [1.29, 1.82) is 0 Å². The van der Waals surface area contributed by atoms with Crippen LogP contribution >= 0.6 is 11.6 Å². The number of likely N-dealkylation sites (N-methyl/N-ethyl adjacent to an activating group) is 2. The van der Waals surface area contributed by atoms with Crippen molar-refractivity contribution in [3.63, 3.8) is 0 Å². The second kappa shape index (κ2) is 11.9. The van der Waals surface area contributed by atoms with Crippen molar-refractivity contribution >= 4 is 23.5 Å². The third kappa shape index (κ3) is 7.40. The lowest BCUT2D eigenvalue weighted by Crippen LogP contribution is -2.44.